The van der Waals surface area contributed by atoms with Crippen LogP contribution in [-0.2, 0) is 4.79 Å². The van der Waals surface area contributed by atoms with Crippen molar-refractivity contribution in [2.24, 2.45) is 11.1 Å². The van der Waals surface area contributed by atoms with Crippen LogP contribution in [0.15, 0.2) is 0 Å². The van der Waals surface area contributed by atoms with Crippen molar-refractivity contribution in [2.75, 3.05) is 13.1 Å². The Morgan fingerprint density at radius 1 is 1.38 bits per heavy atom. The molecule has 0 bridgehead atoms. The first-order chi connectivity index (χ1) is 7.46. The number of piperidine rings is 1. The lowest BCUT2D eigenvalue weighted by molar-refractivity contribution is -0.134. The molecule has 2 N–H and O–H groups in total. The van der Waals surface area contributed by atoms with Crippen molar-refractivity contribution in [3.63, 3.8) is 0 Å². The van der Waals surface area contributed by atoms with Gasteiger partial charge in [-0.2, -0.15) is 0 Å². The Labute approximate surface area is 99.4 Å². The molecule has 1 aliphatic heterocycles. The largest absolute Gasteiger partial charge is 0.341 e. The number of unbranched alkanes of at least 4 members (excludes halogenated alkanes) is 1. The lowest BCUT2D eigenvalue weighted by atomic mass is 9.82. The smallest absolute Gasteiger partial charge is 0.239 e. The third kappa shape index (κ3) is 3.78. The van der Waals surface area contributed by atoms with E-state index in [1.807, 2.05) is 4.90 Å². The number of rotatable bonds is 4. The van der Waals surface area contributed by atoms with E-state index in [9.17, 15) is 4.79 Å². The standard InChI is InChI=1S/C13H26N2O/c1-4-5-6-11(14)12(16)15-9-7-13(2,3)8-10-15/h11H,4-10,14H2,1-3H3/t11-/m0/s1. The summed E-state index contributed by atoms with van der Waals surface area (Å²) in [5.41, 5.74) is 6.30. The highest BCUT2D eigenvalue weighted by Gasteiger charge is 2.29. The second-order valence-corrected chi connectivity index (χ2v) is 5.74. The minimum Gasteiger partial charge on any atom is -0.341 e. The molecular weight excluding hydrogens is 200 g/mol. The first kappa shape index (κ1) is 13.5. The van der Waals surface area contributed by atoms with Crippen LogP contribution in [0.25, 0.3) is 0 Å². The second kappa shape index (κ2) is 5.67. The van der Waals surface area contributed by atoms with Gasteiger partial charge in [-0.15, -0.1) is 0 Å². The number of nitrogens with zero attached hydrogens (tertiary/aromatic N) is 1. The van der Waals surface area contributed by atoms with Crippen LogP contribution in [0.3, 0.4) is 0 Å². The molecule has 1 atom stereocenters. The summed E-state index contributed by atoms with van der Waals surface area (Å²) < 4.78 is 0. The maximum Gasteiger partial charge on any atom is 0.239 e. The molecule has 1 heterocycles. The van der Waals surface area contributed by atoms with Crippen LogP contribution < -0.4 is 5.73 Å². The topological polar surface area (TPSA) is 46.3 Å². The van der Waals surface area contributed by atoms with E-state index in [0.717, 1.165) is 45.2 Å². The van der Waals surface area contributed by atoms with Crippen molar-refractivity contribution in [2.45, 2.75) is 58.9 Å². The van der Waals surface area contributed by atoms with Crippen LogP contribution in [-0.4, -0.2) is 29.9 Å². The summed E-state index contributed by atoms with van der Waals surface area (Å²) in [4.78, 5) is 14.0. The zero-order valence-corrected chi connectivity index (χ0v) is 11.0. The van der Waals surface area contributed by atoms with Gasteiger partial charge in [0.1, 0.15) is 0 Å². The third-order valence-electron chi connectivity index (χ3n) is 3.61. The van der Waals surface area contributed by atoms with Crippen LogP contribution in [0.1, 0.15) is 52.9 Å². The number of hydrogen-bond donors (Lipinski definition) is 1. The van der Waals surface area contributed by atoms with Crippen molar-refractivity contribution in [3.8, 4) is 0 Å². The van der Waals surface area contributed by atoms with Gasteiger partial charge in [-0.3, -0.25) is 4.79 Å². The Morgan fingerprint density at radius 3 is 2.44 bits per heavy atom. The second-order valence-electron chi connectivity index (χ2n) is 5.74. The minimum absolute atomic E-state index is 0.156. The van der Waals surface area contributed by atoms with E-state index in [4.69, 9.17) is 5.73 Å². The molecule has 94 valence electrons. The molecule has 16 heavy (non-hydrogen) atoms. The van der Waals surface area contributed by atoms with Crippen molar-refractivity contribution in [1.29, 1.82) is 0 Å². The van der Waals surface area contributed by atoms with Gasteiger partial charge >= 0.3 is 0 Å². The maximum absolute atomic E-state index is 12.0. The number of likely N-dealkylation sites (tertiary alicyclic amines) is 1. The maximum atomic E-state index is 12.0. The first-order valence-electron chi connectivity index (χ1n) is 6.50. The summed E-state index contributed by atoms with van der Waals surface area (Å²) in [7, 11) is 0. The molecule has 1 fully saturated rings. The molecule has 1 aliphatic rings. The highest BCUT2D eigenvalue weighted by Crippen LogP contribution is 2.29. The minimum atomic E-state index is -0.277. The number of hydrogen-bond acceptors (Lipinski definition) is 2. The molecule has 0 saturated carbocycles. The molecule has 0 aromatic heterocycles. The molecule has 3 heteroatoms. The van der Waals surface area contributed by atoms with Crippen LogP contribution in [0.2, 0.25) is 0 Å². The van der Waals surface area contributed by atoms with E-state index >= 15 is 0 Å². The van der Waals surface area contributed by atoms with Crippen molar-refractivity contribution in [1.82, 2.24) is 4.90 Å². The quantitative estimate of drug-likeness (QED) is 0.798. The Morgan fingerprint density at radius 2 is 1.94 bits per heavy atom. The lowest BCUT2D eigenvalue weighted by Crippen LogP contribution is -2.48. The fraction of sp³-hybridized carbons (Fsp3) is 0.923. The summed E-state index contributed by atoms with van der Waals surface area (Å²) in [6.07, 6.45) is 5.17. The zero-order chi connectivity index (χ0) is 12.2. The first-order valence-corrected chi connectivity index (χ1v) is 6.50. The summed E-state index contributed by atoms with van der Waals surface area (Å²) in [5, 5.41) is 0. The van der Waals surface area contributed by atoms with E-state index in [2.05, 4.69) is 20.8 Å². The third-order valence-corrected chi connectivity index (χ3v) is 3.61. The molecule has 0 spiro atoms. The van der Waals surface area contributed by atoms with Crippen LogP contribution in [0.5, 0.6) is 0 Å². The average Bonchev–Trinajstić information content (AvgIpc) is 2.25. The van der Waals surface area contributed by atoms with Gasteiger partial charge in [0.05, 0.1) is 6.04 Å². The predicted octanol–water partition coefficient (Wildman–Crippen LogP) is 2.15. The number of nitrogens with two attached hydrogens (primary N) is 1. The van der Waals surface area contributed by atoms with Crippen molar-refractivity contribution in [3.05, 3.63) is 0 Å². The Hall–Kier alpha value is -0.570. The van der Waals surface area contributed by atoms with Gasteiger partial charge < -0.3 is 10.6 Å². The Balaban J connectivity index is 2.38. The van der Waals surface area contributed by atoms with Gasteiger partial charge in [0.2, 0.25) is 5.91 Å². The van der Waals surface area contributed by atoms with Gasteiger partial charge in [0, 0.05) is 13.1 Å². The highest BCUT2D eigenvalue weighted by molar-refractivity contribution is 5.81. The highest BCUT2D eigenvalue weighted by atomic mass is 16.2. The molecule has 1 saturated heterocycles. The van der Waals surface area contributed by atoms with Crippen LogP contribution in [0, 0.1) is 5.41 Å². The van der Waals surface area contributed by atoms with Gasteiger partial charge in [-0.1, -0.05) is 33.6 Å². The van der Waals surface area contributed by atoms with Crippen molar-refractivity contribution >= 4 is 5.91 Å². The SMILES string of the molecule is CCCC[C@H](N)C(=O)N1CCC(C)(C)CC1. The number of carbonyl (C=O) groups is 1. The van der Waals surface area contributed by atoms with Gasteiger partial charge in [-0.25, -0.2) is 0 Å². The monoisotopic (exact) mass is 226 g/mol. The number of amides is 1. The fourth-order valence-electron chi connectivity index (χ4n) is 2.11. The Kier molecular flexibility index (Phi) is 4.78. The molecular formula is C13H26N2O. The predicted molar refractivity (Wildman–Crippen MR) is 67.1 cm³/mol. The van der Waals surface area contributed by atoms with Gasteiger partial charge in [0.15, 0.2) is 0 Å². The van der Waals surface area contributed by atoms with Crippen LogP contribution in [0.4, 0.5) is 0 Å². The lowest BCUT2D eigenvalue weighted by Gasteiger charge is -2.37. The molecule has 0 unspecified atom stereocenters. The summed E-state index contributed by atoms with van der Waals surface area (Å²) in [6, 6.07) is -0.277. The normalized spacial score (nSPS) is 21.9. The summed E-state index contributed by atoms with van der Waals surface area (Å²) >= 11 is 0. The van der Waals surface area contributed by atoms with E-state index in [0.29, 0.717) is 5.41 Å². The fourth-order valence-corrected chi connectivity index (χ4v) is 2.11. The van der Waals surface area contributed by atoms with E-state index in [1.165, 1.54) is 0 Å². The number of carbonyl (C=O) groups excluding carboxylic acids is 1. The van der Waals surface area contributed by atoms with E-state index < -0.39 is 0 Å². The average molecular weight is 226 g/mol. The molecule has 1 amide bonds. The molecule has 0 radical (unpaired) electrons. The van der Waals surface area contributed by atoms with Crippen LogP contribution >= 0.6 is 0 Å². The molecule has 3 nitrogen and oxygen atoms in total. The summed E-state index contributed by atoms with van der Waals surface area (Å²) in [5.74, 6) is 0.156. The molecule has 0 aromatic rings. The Bertz CT molecular complexity index is 228. The summed E-state index contributed by atoms with van der Waals surface area (Å²) in [6.45, 7) is 8.43. The zero-order valence-electron chi connectivity index (χ0n) is 11.0. The van der Waals surface area contributed by atoms with Gasteiger partial charge in [-0.05, 0) is 24.7 Å². The molecule has 0 aromatic carbocycles. The van der Waals surface area contributed by atoms with Crippen molar-refractivity contribution < 1.29 is 4.79 Å². The van der Waals surface area contributed by atoms with E-state index in [-0.39, 0.29) is 11.9 Å². The van der Waals surface area contributed by atoms with Gasteiger partial charge in [0.25, 0.3) is 0 Å². The van der Waals surface area contributed by atoms with E-state index in [1.54, 1.807) is 0 Å². The molecule has 0 aliphatic carbocycles. The molecule has 1 rings (SSSR count).